The Morgan fingerprint density at radius 3 is 2.58 bits per heavy atom. The lowest BCUT2D eigenvalue weighted by atomic mass is 9.96. The van der Waals surface area contributed by atoms with E-state index in [0.717, 1.165) is 16.7 Å². The highest BCUT2D eigenvalue weighted by Gasteiger charge is 2.12. The van der Waals surface area contributed by atoms with Crippen LogP contribution < -0.4 is 0 Å². The van der Waals surface area contributed by atoms with Gasteiger partial charge in [0.1, 0.15) is 0 Å². The van der Waals surface area contributed by atoms with Crippen LogP contribution in [0.5, 0.6) is 0 Å². The highest BCUT2D eigenvalue weighted by Crippen LogP contribution is 2.17. The van der Waals surface area contributed by atoms with E-state index < -0.39 is 0 Å². The number of carbonyl (C=O) groups excluding carboxylic acids is 2. The third kappa shape index (κ3) is 4.73. The minimum absolute atomic E-state index is 0.242. The molecular weight excluding hydrogens is 244 g/mol. The third-order valence-electron chi connectivity index (χ3n) is 2.95. The van der Waals surface area contributed by atoms with Gasteiger partial charge in [0.15, 0.2) is 0 Å². The Hall–Kier alpha value is -1.84. The summed E-state index contributed by atoms with van der Waals surface area (Å²) in [5.74, 6) is -0.488. The maximum absolute atomic E-state index is 11.6. The van der Waals surface area contributed by atoms with E-state index in [2.05, 4.69) is 4.74 Å². The van der Waals surface area contributed by atoms with Crippen molar-refractivity contribution in [1.82, 2.24) is 0 Å². The molecule has 4 nitrogen and oxygen atoms in total. The minimum Gasteiger partial charge on any atom is -0.469 e. The first-order valence-corrected chi connectivity index (χ1v) is 6.38. The first-order chi connectivity index (χ1) is 9.08. The number of hydrogen-bond acceptors (Lipinski definition) is 4. The summed E-state index contributed by atoms with van der Waals surface area (Å²) >= 11 is 0. The number of aryl methyl sites for hydroxylation is 1. The predicted molar refractivity (Wildman–Crippen MR) is 71.9 cm³/mol. The van der Waals surface area contributed by atoms with E-state index in [9.17, 15) is 9.59 Å². The summed E-state index contributed by atoms with van der Waals surface area (Å²) in [6.45, 7) is 4.13. The molecule has 0 bridgehead atoms. The molecule has 0 aromatic heterocycles. The van der Waals surface area contributed by atoms with Crippen LogP contribution in [0.1, 0.15) is 30.0 Å². The van der Waals surface area contributed by atoms with Gasteiger partial charge in [-0.3, -0.25) is 9.59 Å². The Morgan fingerprint density at radius 1 is 1.21 bits per heavy atom. The lowest BCUT2D eigenvalue weighted by Crippen LogP contribution is -2.11. The fraction of sp³-hybridized carbons (Fsp3) is 0.467. The quantitative estimate of drug-likeness (QED) is 0.739. The molecule has 0 saturated carbocycles. The second-order valence-corrected chi connectivity index (χ2v) is 4.27. The SMILES string of the molecule is CCOC(=O)Cc1cccc(C)c1CCC(=O)OC. The Labute approximate surface area is 113 Å². The van der Waals surface area contributed by atoms with Gasteiger partial charge in [0.2, 0.25) is 0 Å². The van der Waals surface area contributed by atoms with Crippen molar-refractivity contribution in [3.05, 3.63) is 34.9 Å². The maximum Gasteiger partial charge on any atom is 0.310 e. The van der Waals surface area contributed by atoms with Crippen LogP contribution in [0.15, 0.2) is 18.2 Å². The summed E-state index contributed by atoms with van der Waals surface area (Å²) < 4.78 is 9.60. The summed E-state index contributed by atoms with van der Waals surface area (Å²) in [5.41, 5.74) is 3.02. The van der Waals surface area contributed by atoms with Gasteiger partial charge in [0, 0.05) is 6.42 Å². The van der Waals surface area contributed by atoms with Gasteiger partial charge >= 0.3 is 11.9 Å². The van der Waals surface area contributed by atoms with Gasteiger partial charge in [-0.1, -0.05) is 18.2 Å². The van der Waals surface area contributed by atoms with E-state index in [-0.39, 0.29) is 18.4 Å². The van der Waals surface area contributed by atoms with Crippen molar-refractivity contribution in [3.8, 4) is 0 Å². The zero-order valence-electron chi connectivity index (χ0n) is 11.7. The number of ether oxygens (including phenoxy) is 2. The summed E-state index contributed by atoms with van der Waals surface area (Å²) in [5, 5.41) is 0. The number of benzene rings is 1. The van der Waals surface area contributed by atoms with Crippen molar-refractivity contribution in [2.24, 2.45) is 0 Å². The van der Waals surface area contributed by atoms with Crippen LogP contribution >= 0.6 is 0 Å². The molecule has 0 saturated heterocycles. The molecule has 0 unspecified atom stereocenters. The van der Waals surface area contributed by atoms with Gasteiger partial charge in [0.05, 0.1) is 20.1 Å². The molecule has 104 valence electrons. The molecule has 0 radical (unpaired) electrons. The van der Waals surface area contributed by atoms with Crippen LogP contribution in [-0.4, -0.2) is 25.7 Å². The van der Waals surface area contributed by atoms with Crippen molar-refractivity contribution in [3.63, 3.8) is 0 Å². The van der Waals surface area contributed by atoms with E-state index in [0.29, 0.717) is 19.4 Å². The second kappa shape index (κ2) is 7.56. The number of hydrogen-bond donors (Lipinski definition) is 0. The van der Waals surface area contributed by atoms with Crippen LogP contribution in [0.3, 0.4) is 0 Å². The molecule has 0 aliphatic heterocycles. The Bertz CT molecular complexity index is 451. The van der Waals surface area contributed by atoms with Gasteiger partial charge in [-0.05, 0) is 37.0 Å². The molecule has 0 atom stereocenters. The van der Waals surface area contributed by atoms with Crippen LogP contribution in [0.4, 0.5) is 0 Å². The summed E-state index contributed by atoms with van der Waals surface area (Å²) in [6.07, 6.45) is 1.14. The fourth-order valence-electron chi connectivity index (χ4n) is 1.98. The zero-order valence-corrected chi connectivity index (χ0v) is 11.7. The van der Waals surface area contributed by atoms with Crippen molar-refractivity contribution >= 4 is 11.9 Å². The van der Waals surface area contributed by atoms with Crippen molar-refractivity contribution < 1.29 is 19.1 Å². The van der Waals surface area contributed by atoms with Crippen LogP contribution in [0.25, 0.3) is 0 Å². The first-order valence-electron chi connectivity index (χ1n) is 6.38. The Kier molecular flexibility index (Phi) is 6.06. The molecule has 0 heterocycles. The van der Waals surface area contributed by atoms with Gasteiger partial charge < -0.3 is 9.47 Å². The highest BCUT2D eigenvalue weighted by atomic mass is 16.5. The largest absolute Gasteiger partial charge is 0.469 e. The molecular formula is C15H20O4. The monoisotopic (exact) mass is 264 g/mol. The molecule has 19 heavy (non-hydrogen) atoms. The molecule has 0 spiro atoms. The van der Waals surface area contributed by atoms with E-state index in [1.165, 1.54) is 7.11 Å². The number of rotatable bonds is 6. The van der Waals surface area contributed by atoms with E-state index in [1.54, 1.807) is 6.92 Å². The molecule has 0 fully saturated rings. The van der Waals surface area contributed by atoms with Crippen LogP contribution in [0, 0.1) is 6.92 Å². The molecule has 1 aromatic rings. The molecule has 1 rings (SSSR count). The third-order valence-corrected chi connectivity index (χ3v) is 2.95. The molecule has 1 aromatic carbocycles. The molecule has 4 heteroatoms. The molecule has 0 amide bonds. The normalized spacial score (nSPS) is 10.1. The smallest absolute Gasteiger partial charge is 0.310 e. The van der Waals surface area contributed by atoms with Crippen LogP contribution in [0.2, 0.25) is 0 Å². The lowest BCUT2D eigenvalue weighted by Gasteiger charge is -2.11. The number of esters is 2. The van der Waals surface area contributed by atoms with Gasteiger partial charge in [-0.2, -0.15) is 0 Å². The molecule has 0 N–H and O–H groups in total. The summed E-state index contributed by atoms with van der Waals surface area (Å²) in [7, 11) is 1.37. The summed E-state index contributed by atoms with van der Waals surface area (Å²) in [6, 6.07) is 5.78. The second-order valence-electron chi connectivity index (χ2n) is 4.27. The van der Waals surface area contributed by atoms with Crippen molar-refractivity contribution in [2.45, 2.75) is 33.1 Å². The van der Waals surface area contributed by atoms with Crippen molar-refractivity contribution in [2.75, 3.05) is 13.7 Å². The zero-order chi connectivity index (χ0) is 14.3. The lowest BCUT2D eigenvalue weighted by molar-refractivity contribution is -0.142. The van der Waals surface area contributed by atoms with Gasteiger partial charge in [-0.15, -0.1) is 0 Å². The van der Waals surface area contributed by atoms with Crippen LogP contribution in [-0.2, 0) is 31.9 Å². The fourth-order valence-corrected chi connectivity index (χ4v) is 1.98. The molecule has 0 aliphatic rings. The van der Waals surface area contributed by atoms with Crippen molar-refractivity contribution in [1.29, 1.82) is 0 Å². The highest BCUT2D eigenvalue weighted by molar-refractivity contribution is 5.73. The Balaban J connectivity index is 2.82. The first kappa shape index (κ1) is 15.2. The standard InChI is InChI=1S/C15H20O4/c1-4-19-15(17)10-12-7-5-6-11(2)13(12)8-9-14(16)18-3/h5-7H,4,8-10H2,1-3H3. The average molecular weight is 264 g/mol. The van der Waals surface area contributed by atoms with E-state index >= 15 is 0 Å². The Morgan fingerprint density at radius 2 is 1.95 bits per heavy atom. The minimum atomic E-state index is -0.245. The molecule has 0 aliphatic carbocycles. The average Bonchev–Trinajstić information content (AvgIpc) is 2.38. The maximum atomic E-state index is 11.6. The predicted octanol–water partition coefficient (Wildman–Crippen LogP) is 2.21. The van der Waals surface area contributed by atoms with Gasteiger partial charge in [0.25, 0.3) is 0 Å². The topological polar surface area (TPSA) is 52.6 Å². The van der Waals surface area contributed by atoms with E-state index in [4.69, 9.17) is 4.74 Å². The van der Waals surface area contributed by atoms with E-state index in [1.807, 2.05) is 25.1 Å². The summed E-state index contributed by atoms with van der Waals surface area (Å²) in [4.78, 5) is 22.8. The number of carbonyl (C=O) groups is 2. The van der Waals surface area contributed by atoms with Gasteiger partial charge in [-0.25, -0.2) is 0 Å². The number of methoxy groups -OCH3 is 1.